The Balaban J connectivity index is 1.40. The lowest BCUT2D eigenvalue weighted by atomic mass is 9.82. The first-order valence-electron chi connectivity index (χ1n) is 8.34. The van der Waals surface area contributed by atoms with Gasteiger partial charge in [0.15, 0.2) is 0 Å². The first-order chi connectivity index (χ1) is 8.86. The van der Waals surface area contributed by atoms with Crippen molar-refractivity contribution in [3.8, 4) is 0 Å². The van der Waals surface area contributed by atoms with Crippen LogP contribution in [0.4, 0.5) is 0 Å². The van der Waals surface area contributed by atoms with Gasteiger partial charge in [-0.2, -0.15) is 0 Å². The molecule has 0 aromatic heterocycles. The van der Waals surface area contributed by atoms with Gasteiger partial charge < -0.3 is 10.2 Å². The third-order valence-electron chi connectivity index (χ3n) is 5.48. The van der Waals surface area contributed by atoms with Crippen molar-refractivity contribution in [1.82, 2.24) is 10.2 Å². The zero-order valence-electron chi connectivity index (χ0n) is 12.0. The minimum atomic E-state index is 0.832. The molecule has 0 aromatic rings. The van der Waals surface area contributed by atoms with E-state index in [-0.39, 0.29) is 0 Å². The first-order valence-corrected chi connectivity index (χ1v) is 8.34. The molecule has 1 saturated heterocycles. The van der Waals surface area contributed by atoms with E-state index in [0.29, 0.717) is 0 Å². The molecule has 18 heavy (non-hydrogen) atoms. The highest BCUT2D eigenvalue weighted by molar-refractivity contribution is 4.90. The summed E-state index contributed by atoms with van der Waals surface area (Å²) in [5.74, 6) is 1.89. The van der Waals surface area contributed by atoms with Crippen LogP contribution in [0.25, 0.3) is 0 Å². The lowest BCUT2D eigenvalue weighted by Gasteiger charge is -2.32. The van der Waals surface area contributed by atoms with E-state index in [0.717, 1.165) is 23.9 Å². The molecule has 0 radical (unpaired) electrons. The molecule has 104 valence electrons. The Morgan fingerprint density at radius 2 is 1.89 bits per heavy atom. The summed E-state index contributed by atoms with van der Waals surface area (Å²) < 4.78 is 0. The van der Waals surface area contributed by atoms with Crippen molar-refractivity contribution in [2.45, 2.75) is 70.4 Å². The van der Waals surface area contributed by atoms with Crippen LogP contribution in [0.5, 0.6) is 0 Å². The van der Waals surface area contributed by atoms with E-state index in [1.54, 1.807) is 0 Å². The van der Waals surface area contributed by atoms with Crippen LogP contribution in [0.15, 0.2) is 0 Å². The molecule has 0 aromatic carbocycles. The maximum absolute atomic E-state index is 3.92. The summed E-state index contributed by atoms with van der Waals surface area (Å²) >= 11 is 0. The predicted octanol–water partition coefficient (Wildman–Crippen LogP) is 3.03. The molecule has 1 N–H and O–H groups in total. The van der Waals surface area contributed by atoms with E-state index in [9.17, 15) is 0 Å². The normalized spacial score (nSPS) is 38.2. The van der Waals surface area contributed by atoms with E-state index in [4.69, 9.17) is 0 Å². The van der Waals surface area contributed by atoms with Crippen molar-refractivity contribution in [3.63, 3.8) is 0 Å². The topological polar surface area (TPSA) is 15.3 Å². The molecule has 0 spiro atoms. The lowest BCUT2D eigenvalue weighted by molar-refractivity contribution is 0.242. The molecule has 3 rings (SSSR count). The Kier molecular flexibility index (Phi) is 4.25. The fraction of sp³-hybridized carbons (Fsp3) is 1.00. The van der Waals surface area contributed by atoms with Crippen LogP contribution in [-0.4, -0.2) is 36.6 Å². The number of hydrogen-bond donors (Lipinski definition) is 1. The van der Waals surface area contributed by atoms with Gasteiger partial charge in [-0.3, -0.25) is 0 Å². The van der Waals surface area contributed by atoms with Gasteiger partial charge in [0, 0.05) is 18.6 Å². The van der Waals surface area contributed by atoms with Gasteiger partial charge in [-0.15, -0.1) is 0 Å². The second-order valence-electron chi connectivity index (χ2n) is 6.85. The standard InChI is InChI=1S/C16H30N2/c1-2-14-5-3-4-6-16(14)17-11-13-9-10-18(12-13)15-7-8-15/h13-17H,2-12H2,1H3. The molecule has 0 amide bonds. The monoisotopic (exact) mass is 250 g/mol. The van der Waals surface area contributed by atoms with E-state index >= 15 is 0 Å². The van der Waals surface area contributed by atoms with Crippen molar-refractivity contribution in [2.24, 2.45) is 11.8 Å². The molecule has 2 aliphatic carbocycles. The van der Waals surface area contributed by atoms with Crippen LogP contribution in [0.1, 0.15) is 58.3 Å². The second kappa shape index (κ2) is 5.92. The maximum Gasteiger partial charge on any atom is 0.00965 e. The minimum Gasteiger partial charge on any atom is -0.313 e. The number of nitrogens with zero attached hydrogens (tertiary/aromatic N) is 1. The quantitative estimate of drug-likeness (QED) is 0.807. The Hall–Kier alpha value is -0.0800. The highest BCUT2D eigenvalue weighted by Crippen LogP contribution is 2.32. The number of rotatable bonds is 5. The fourth-order valence-corrected chi connectivity index (χ4v) is 4.08. The highest BCUT2D eigenvalue weighted by Gasteiger charge is 2.34. The summed E-state index contributed by atoms with van der Waals surface area (Å²) in [4.78, 5) is 2.74. The van der Waals surface area contributed by atoms with Gasteiger partial charge in [-0.25, -0.2) is 0 Å². The summed E-state index contributed by atoms with van der Waals surface area (Å²) in [6, 6.07) is 1.81. The van der Waals surface area contributed by atoms with Gasteiger partial charge >= 0.3 is 0 Å². The van der Waals surface area contributed by atoms with Crippen LogP contribution in [0, 0.1) is 11.8 Å². The molecule has 3 atom stereocenters. The zero-order valence-corrected chi connectivity index (χ0v) is 12.0. The maximum atomic E-state index is 3.92. The molecule has 2 heteroatoms. The number of nitrogens with one attached hydrogen (secondary N) is 1. The van der Waals surface area contributed by atoms with Crippen LogP contribution in [-0.2, 0) is 0 Å². The molecule has 3 fully saturated rings. The van der Waals surface area contributed by atoms with Gasteiger partial charge in [0.05, 0.1) is 0 Å². The summed E-state index contributed by atoms with van der Waals surface area (Å²) in [5.41, 5.74) is 0. The van der Waals surface area contributed by atoms with Crippen molar-refractivity contribution in [2.75, 3.05) is 19.6 Å². The molecule has 1 aliphatic heterocycles. The molecule has 2 nitrogen and oxygen atoms in total. The van der Waals surface area contributed by atoms with Gasteiger partial charge in [0.25, 0.3) is 0 Å². The number of hydrogen-bond acceptors (Lipinski definition) is 2. The third kappa shape index (κ3) is 3.08. The Morgan fingerprint density at radius 1 is 1.06 bits per heavy atom. The van der Waals surface area contributed by atoms with E-state index in [1.807, 2.05) is 0 Å². The summed E-state index contributed by atoms with van der Waals surface area (Å²) in [6.45, 7) is 6.40. The molecule has 2 saturated carbocycles. The van der Waals surface area contributed by atoms with Crippen LogP contribution in [0.2, 0.25) is 0 Å². The van der Waals surface area contributed by atoms with Crippen molar-refractivity contribution < 1.29 is 0 Å². The van der Waals surface area contributed by atoms with Crippen molar-refractivity contribution in [3.05, 3.63) is 0 Å². The summed E-state index contributed by atoms with van der Waals surface area (Å²) in [5, 5.41) is 3.92. The predicted molar refractivity (Wildman–Crippen MR) is 76.7 cm³/mol. The average Bonchev–Trinajstić information content (AvgIpc) is 3.16. The Morgan fingerprint density at radius 3 is 2.67 bits per heavy atom. The van der Waals surface area contributed by atoms with E-state index in [1.165, 1.54) is 71.0 Å². The van der Waals surface area contributed by atoms with Gasteiger partial charge in [0.2, 0.25) is 0 Å². The van der Waals surface area contributed by atoms with Crippen LogP contribution >= 0.6 is 0 Å². The van der Waals surface area contributed by atoms with Gasteiger partial charge in [0.1, 0.15) is 0 Å². The molecule has 0 bridgehead atoms. The molecule has 3 unspecified atom stereocenters. The Bertz CT molecular complexity index is 262. The number of likely N-dealkylation sites (tertiary alicyclic amines) is 1. The van der Waals surface area contributed by atoms with Crippen LogP contribution < -0.4 is 5.32 Å². The van der Waals surface area contributed by atoms with Crippen molar-refractivity contribution >= 4 is 0 Å². The molecule has 3 aliphatic rings. The minimum absolute atomic E-state index is 0.832. The SMILES string of the molecule is CCC1CCCCC1NCC1CCN(C2CC2)C1. The summed E-state index contributed by atoms with van der Waals surface area (Å²) in [7, 11) is 0. The third-order valence-corrected chi connectivity index (χ3v) is 5.48. The average molecular weight is 250 g/mol. The van der Waals surface area contributed by atoms with E-state index < -0.39 is 0 Å². The zero-order chi connectivity index (χ0) is 12.4. The first kappa shape index (κ1) is 12.9. The smallest absolute Gasteiger partial charge is 0.00965 e. The van der Waals surface area contributed by atoms with Gasteiger partial charge in [-0.1, -0.05) is 26.2 Å². The molecular weight excluding hydrogens is 220 g/mol. The van der Waals surface area contributed by atoms with E-state index in [2.05, 4.69) is 17.1 Å². The largest absolute Gasteiger partial charge is 0.313 e. The fourth-order valence-electron chi connectivity index (χ4n) is 4.08. The molecule has 1 heterocycles. The molecular formula is C16H30N2. The lowest BCUT2D eigenvalue weighted by Crippen LogP contribution is -2.41. The Labute approximate surface area is 113 Å². The second-order valence-corrected chi connectivity index (χ2v) is 6.85. The van der Waals surface area contributed by atoms with Crippen LogP contribution in [0.3, 0.4) is 0 Å². The highest BCUT2D eigenvalue weighted by atomic mass is 15.2. The summed E-state index contributed by atoms with van der Waals surface area (Å²) in [6.07, 6.45) is 11.6. The van der Waals surface area contributed by atoms with Crippen molar-refractivity contribution in [1.29, 1.82) is 0 Å². The van der Waals surface area contributed by atoms with Gasteiger partial charge in [-0.05, 0) is 57.0 Å².